The summed E-state index contributed by atoms with van der Waals surface area (Å²) < 4.78 is 1.53. The molecule has 156 valence electrons. The monoisotopic (exact) mass is 473 g/mol. The zero-order chi connectivity index (χ0) is 21.7. The lowest BCUT2D eigenvalue weighted by Crippen LogP contribution is -2.13. The molecule has 1 aliphatic rings. The van der Waals surface area contributed by atoms with Gasteiger partial charge in [-0.1, -0.05) is 40.0 Å². The number of nitrogens with zero attached hydrogens (tertiary/aromatic N) is 4. The van der Waals surface area contributed by atoms with E-state index in [0.717, 1.165) is 12.8 Å². The number of nitrogens with one attached hydrogen (secondary N) is 1. The van der Waals surface area contributed by atoms with Crippen LogP contribution >= 0.6 is 34.8 Å². The Morgan fingerprint density at radius 1 is 1.10 bits per heavy atom. The molecule has 10 heteroatoms. The molecular weight excluding hydrogens is 461 g/mol. The van der Waals surface area contributed by atoms with E-state index in [1.165, 1.54) is 4.68 Å². The Kier molecular flexibility index (Phi) is 5.04. The van der Waals surface area contributed by atoms with Crippen molar-refractivity contribution in [1.29, 1.82) is 0 Å². The lowest BCUT2D eigenvalue weighted by molar-refractivity contribution is 0.103. The standard InChI is InChI=1S/C21H14Cl3N5O2/c22-13-5-3-11(4-6-13)18(30)16-14(23)7-10(8-15(16)24)9-29-20-17(27-28-29)21(31)26-19(25-20)12-1-2-12/h3-8,12H,1-2,9H2,(H,25,26,31). The molecule has 0 aliphatic heterocycles. The first-order valence-corrected chi connectivity index (χ1v) is 10.7. The van der Waals surface area contributed by atoms with E-state index < -0.39 is 0 Å². The quantitative estimate of drug-likeness (QED) is 0.426. The molecule has 0 atom stereocenters. The van der Waals surface area contributed by atoms with E-state index >= 15 is 0 Å². The Morgan fingerprint density at radius 2 is 1.77 bits per heavy atom. The Hall–Kier alpha value is -2.74. The molecule has 4 aromatic rings. The molecule has 2 aromatic carbocycles. The largest absolute Gasteiger partial charge is 0.308 e. The third kappa shape index (κ3) is 3.84. The maximum Gasteiger partial charge on any atom is 0.281 e. The molecular formula is C21H14Cl3N5O2. The van der Waals surface area contributed by atoms with Gasteiger partial charge in [0.1, 0.15) is 5.82 Å². The predicted octanol–water partition coefficient (Wildman–Crippen LogP) is 4.63. The summed E-state index contributed by atoms with van der Waals surface area (Å²) in [5.41, 5.74) is 1.61. The van der Waals surface area contributed by atoms with Gasteiger partial charge in [0.25, 0.3) is 5.56 Å². The first-order valence-electron chi connectivity index (χ1n) is 9.52. The Bertz CT molecular complexity index is 1370. The predicted molar refractivity (Wildman–Crippen MR) is 118 cm³/mol. The lowest BCUT2D eigenvalue weighted by atomic mass is 10.0. The number of carbonyl (C=O) groups excluding carboxylic acids is 1. The van der Waals surface area contributed by atoms with Gasteiger partial charge >= 0.3 is 0 Å². The molecule has 0 radical (unpaired) electrons. The van der Waals surface area contributed by atoms with Crippen molar-refractivity contribution in [3.05, 3.63) is 84.3 Å². The third-order valence-corrected chi connectivity index (χ3v) is 5.97. The van der Waals surface area contributed by atoms with Crippen LogP contribution in [0.5, 0.6) is 0 Å². The zero-order valence-electron chi connectivity index (χ0n) is 15.9. The van der Waals surface area contributed by atoms with Crippen LogP contribution in [0.1, 0.15) is 46.1 Å². The van der Waals surface area contributed by atoms with Gasteiger partial charge in [-0.3, -0.25) is 9.59 Å². The summed E-state index contributed by atoms with van der Waals surface area (Å²) in [5, 5.41) is 8.98. The number of halogens is 3. The third-order valence-electron chi connectivity index (χ3n) is 5.12. The zero-order valence-corrected chi connectivity index (χ0v) is 18.2. The molecule has 5 rings (SSSR count). The minimum Gasteiger partial charge on any atom is -0.308 e. The van der Waals surface area contributed by atoms with Gasteiger partial charge < -0.3 is 4.98 Å². The number of hydrogen-bond acceptors (Lipinski definition) is 5. The summed E-state index contributed by atoms with van der Waals surface area (Å²) in [6.45, 7) is 0.242. The highest BCUT2D eigenvalue weighted by Crippen LogP contribution is 2.37. The van der Waals surface area contributed by atoms with Crippen molar-refractivity contribution in [2.45, 2.75) is 25.3 Å². The summed E-state index contributed by atoms with van der Waals surface area (Å²) >= 11 is 18.7. The van der Waals surface area contributed by atoms with Gasteiger partial charge in [0.15, 0.2) is 16.9 Å². The highest BCUT2D eigenvalue weighted by molar-refractivity contribution is 6.41. The molecule has 1 saturated carbocycles. The average Bonchev–Trinajstić information content (AvgIpc) is 3.50. The second-order valence-electron chi connectivity index (χ2n) is 7.42. The second kappa shape index (κ2) is 7.75. The van der Waals surface area contributed by atoms with Gasteiger partial charge in [-0.2, -0.15) is 0 Å². The van der Waals surface area contributed by atoms with Crippen LogP contribution in [0.2, 0.25) is 15.1 Å². The van der Waals surface area contributed by atoms with Crippen molar-refractivity contribution in [1.82, 2.24) is 25.0 Å². The molecule has 31 heavy (non-hydrogen) atoms. The molecule has 0 bridgehead atoms. The highest BCUT2D eigenvalue weighted by Gasteiger charge is 2.27. The van der Waals surface area contributed by atoms with Crippen molar-refractivity contribution in [3.63, 3.8) is 0 Å². The molecule has 7 nitrogen and oxygen atoms in total. The topological polar surface area (TPSA) is 93.5 Å². The molecule has 1 N–H and O–H groups in total. The molecule has 2 aromatic heterocycles. The van der Waals surface area contributed by atoms with E-state index in [0.29, 0.717) is 27.6 Å². The fourth-order valence-electron chi connectivity index (χ4n) is 3.39. The van der Waals surface area contributed by atoms with Gasteiger partial charge in [0.05, 0.1) is 22.2 Å². The number of rotatable bonds is 5. The summed E-state index contributed by atoms with van der Waals surface area (Å²) in [7, 11) is 0. The van der Waals surface area contributed by atoms with E-state index in [-0.39, 0.29) is 44.9 Å². The van der Waals surface area contributed by atoms with Gasteiger partial charge in [-0.05, 0) is 54.8 Å². The van der Waals surface area contributed by atoms with Gasteiger partial charge in [-0.25, -0.2) is 9.67 Å². The molecule has 1 aliphatic carbocycles. The van der Waals surface area contributed by atoms with E-state index in [2.05, 4.69) is 20.3 Å². The van der Waals surface area contributed by atoms with Crippen molar-refractivity contribution in [2.75, 3.05) is 0 Å². The van der Waals surface area contributed by atoms with Crippen LogP contribution in [0, 0.1) is 0 Å². The SMILES string of the molecule is O=C(c1ccc(Cl)cc1)c1c(Cl)cc(Cn2nnc3c(=O)[nH]c(C4CC4)nc32)cc1Cl. The van der Waals surface area contributed by atoms with Crippen molar-refractivity contribution in [2.24, 2.45) is 0 Å². The maximum absolute atomic E-state index is 12.9. The number of carbonyl (C=O) groups is 1. The number of fused-ring (bicyclic) bond motifs is 1. The first kappa shape index (κ1) is 20.2. The molecule has 0 amide bonds. The van der Waals surface area contributed by atoms with Gasteiger partial charge in [0, 0.05) is 16.5 Å². The summed E-state index contributed by atoms with van der Waals surface area (Å²) in [4.78, 5) is 32.5. The number of benzene rings is 2. The summed E-state index contributed by atoms with van der Waals surface area (Å²) in [6, 6.07) is 9.80. The number of hydrogen-bond donors (Lipinski definition) is 1. The Balaban J connectivity index is 1.49. The van der Waals surface area contributed by atoms with Crippen LogP contribution in [0.15, 0.2) is 41.2 Å². The number of aromatic amines is 1. The number of aromatic nitrogens is 5. The van der Waals surface area contributed by atoms with E-state index in [4.69, 9.17) is 34.8 Å². The van der Waals surface area contributed by atoms with Crippen LogP contribution in [-0.4, -0.2) is 30.7 Å². The normalized spacial score (nSPS) is 13.6. The Labute approximate surface area is 191 Å². The fraction of sp³-hybridized carbons (Fsp3) is 0.190. The number of ketones is 1. The van der Waals surface area contributed by atoms with Gasteiger partial charge in [0.2, 0.25) is 0 Å². The molecule has 1 fully saturated rings. The lowest BCUT2D eigenvalue weighted by Gasteiger charge is -2.10. The maximum atomic E-state index is 12.9. The smallest absolute Gasteiger partial charge is 0.281 e. The summed E-state index contributed by atoms with van der Waals surface area (Å²) in [6.07, 6.45) is 2.01. The first-order chi connectivity index (χ1) is 14.9. The average molecular weight is 475 g/mol. The molecule has 0 saturated heterocycles. The highest BCUT2D eigenvalue weighted by atomic mass is 35.5. The van der Waals surface area contributed by atoms with E-state index in [9.17, 15) is 9.59 Å². The minimum atomic E-state index is -0.307. The van der Waals surface area contributed by atoms with Gasteiger partial charge in [-0.15, -0.1) is 5.10 Å². The van der Waals surface area contributed by atoms with Crippen LogP contribution in [0.3, 0.4) is 0 Å². The number of H-pyrrole nitrogens is 1. The minimum absolute atomic E-state index is 0.177. The summed E-state index contributed by atoms with van der Waals surface area (Å²) in [5.74, 6) is 0.634. The van der Waals surface area contributed by atoms with Crippen molar-refractivity contribution >= 4 is 51.7 Å². The molecule has 0 unspecified atom stereocenters. The Morgan fingerprint density at radius 3 is 2.42 bits per heavy atom. The van der Waals surface area contributed by atoms with E-state index in [1.54, 1.807) is 36.4 Å². The van der Waals surface area contributed by atoms with Crippen LogP contribution < -0.4 is 5.56 Å². The van der Waals surface area contributed by atoms with Crippen molar-refractivity contribution in [3.8, 4) is 0 Å². The molecule has 0 spiro atoms. The van der Waals surface area contributed by atoms with Crippen LogP contribution in [0.25, 0.3) is 11.2 Å². The fourth-order valence-corrected chi connectivity index (χ4v) is 4.22. The van der Waals surface area contributed by atoms with Crippen LogP contribution in [-0.2, 0) is 6.54 Å². The van der Waals surface area contributed by atoms with E-state index in [1.807, 2.05) is 0 Å². The van der Waals surface area contributed by atoms with Crippen LogP contribution in [0.4, 0.5) is 0 Å². The second-order valence-corrected chi connectivity index (χ2v) is 8.67. The molecule has 2 heterocycles. The van der Waals surface area contributed by atoms with Crippen molar-refractivity contribution < 1.29 is 4.79 Å².